The van der Waals surface area contributed by atoms with E-state index in [1.54, 1.807) is 11.9 Å². The number of hydrogen-bond donors (Lipinski definition) is 1. The third-order valence-corrected chi connectivity index (χ3v) is 4.24. The van der Waals surface area contributed by atoms with Crippen LogP contribution >= 0.6 is 0 Å². The van der Waals surface area contributed by atoms with Crippen molar-refractivity contribution in [3.05, 3.63) is 65.2 Å². The summed E-state index contributed by atoms with van der Waals surface area (Å²) in [7, 11) is 1.71. The number of carbonyl (C=O) groups is 2. The van der Waals surface area contributed by atoms with Crippen molar-refractivity contribution in [3.8, 4) is 0 Å². The molecule has 0 saturated carbocycles. The molecule has 1 N–H and O–H groups in total. The summed E-state index contributed by atoms with van der Waals surface area (Å²) in [6.07, 6.45) is 0.249. The Hall–Kier alpha value is -2.76. The fourth-order valence-corrected chi connectivity index (χ4v) is 2.90. The van der Waals surface area contributed by atoms with Crippen molar-refractivity contribution in [1.82, 2.24) is 5.32 Å². The molecular formula is C18H16F2N2O2. The number of rotatable bonds is 3. The molecule has 1 atom stereocenters. The number of carbonyl (C=O) groups excluding carboxylic acids is 2. The smallest absolute Gasteiger partial charge is 0.254 e. The highest BCUT2D eigenvalue weighted by Crippen LogP contribution is 2.34. The number of para-hydroxylation sites is 1. The average molecular weight is 330 g/mol. The highest BCUT2D eigenvalue weighted by Gasteiger charge is 2.29. The first kappa shape index (κ1) is 16.1. The van der Waals surface area contributed by atoms with Crippen LogP contribution in [0.15, 0.2) is 42.5 Å². The van der Waals surface area contributed by atoms with E-state index >= 15 is 0 Å². The number of benzene rings is 2. The second-order valence-corrected chi connectivity index (χ2v) is 5.72. The molecule has 1 unspecified atom stereocenters. The van der Waals surface area contributed by atoms with Crippen molar-refractivity contribution < 1.29 is 18.4 Å². The summed E-state index contributed by atoms with van der Waals surface area (Å²) in [5.74, 6) is -3.19. The summed E-state index contributed by atoms with van der Waals surface area (Å²) < 4.78 is 26.9. The van der Waals surface area contributed by atoms with E-state index < -0.39 is 17.5 Å². The lowest BCUT2D eigenvalue weighted by molar-refractivity contribution is -0.119. The Morgan fingerprint density at radius 1 is 1.21 bits per heavy atom. The largest absolute Gasteiger partial charge is 0.351 e. The van der Waals surface area contributed by atoms with E-state index in [4.69, 9.17) is 0 Å². The Morgan fingerprint density at radius 2 is 1.96 bits per heavy atom. The lowest BCUT2D eigenvalue weighted by Gasteiger charge is -2.31. The summed E-state index contributed by atoms with van der Waals surface area (Å²) in [6.45, 7) is 0.172. The van der Waals surface area contributed by atoms with Gasteiger partial charge in [0, 0.05) is 31.6 Å². The van der Waals surface area contributed by atoms with Crippen LogP contribution in [0.1, 0.15) is 28.3 Å². The zero-order valence-electron chi connectivity index (χ0n) is 13.1. The maximum atomic E-state index is 13.7. The van der Waals surface area contributed by atoms with Crippen LogP contribution < -0.4 is 10.2 Å². The molecule has 0 spiro atoms. The van der Waals surface area contributed by atoms with E-state index in [2.05, 4.69) is 5.32 Å². The third-order valence-electron chi connectivity index (χ3n) is 4.24. The molecule has 3 rings (SSSR count). The Morgan fingerprint density at radius 3 is 2.75 bits per heavy atom. The molecule has 24 heavy (non-hydrogen) atoms. The zero-order chi connectivity index (χ0) is 17.3. The maximum Gasteiger partial charge on any atom is 0.254 e. The summed E-state index contributed by atoms with van der Waals surface area (Å²) >= 11 is 0. The molecule has 6 heteroatoms. The van der Waals surface area contributed by atoms with Crippen LogP contribution in [-0.4, -0.2) is 25.4 Å². The minimum absolute atomic E-state index is 0.0510. The van der Waals surface area contributed by atoms with Crippen molar-refractivity contribution in [3.63, 3.8) is 0 Å². The molecule has 2 aromatic rings. The standard InChI is InChI=1S/C18H16F2N2O2/c1-22-15-8-3-2-5-12(15)11(9-16(22)23)10-21-18(24)13-6-4-7-14(19)17(13)20/h2-8,11H,9-10H2,1H3,(H,21,24). The number of anilines is 1. The highest BCUT2D eigenvalue weighted by molar-refractivity contribution is 5.97. The minimum atomic E-state index is -1.17. The zero-order valence-corrected chi connectivity index (χ0v) is 13.1. The molecule has 2 aromatic carbocycles. The lowest BCUT2D eigenvalue weighted by atomic mass is 9.89. The molecule has 0 aliphatic carbocycles. The Labute approximate surface area is 138 Å². The summed E-state index contributed by atoms with van der Waals surface area (Å²) in [6, 6.07) is 10.9. The Kier molecular flexibility index (Phi) is 4.29. The molecule has 0 saturated heterocycles. The van der Waals surface area contributed by atoms with E-state index in [-0.39, 0.29) is 30.4 Å². The van der Waals surface area contributed by atoms with Crippen LogP contribution in [0.5, 0.6) is 0 Å². The van der Waals surface area contributed by atoms with Gasteiger partial charge in [-0.25, -0.2) is 8.78 Å². The van der Waals surface area contributed by atoms with Crippen LogP contribution in [-0.2, 0) is 4.79 Å². The second-order valence-electron chi connectivity index (χ2n) is 5.72. The van der Waals surface area contributed by atoms with Crippen molar-refractivity contribution in [1.29, 1.82) is 0 Å². The molecular weight excluding hydrogens is 314 g/mol. The van der Waals surface area contributed by atoms with Crippen molar-refractivity contribution in [2.75, 3.05) is 18.5 Å². The van der Waals surface area contributed by atoms with Gasteiger partial charge in [-0.2, -0.15) is 0 Å². The van der Waals surface area contributed by atoms with Gasteiger partial charge in [0.1, 0.15) is 0 Å². The SMILES string of the molecule is CN1C(=O)CC(CNC(=O)c2cccc(F)c2F)c2ccccc21. The van der Waals surface area contributed by atoms with Crippen molar-refractivity contribution >= 4 is 17.5 Å². The van der Waals surface area contributed by atoms with Crippen molar-refractivity contribution in [2.24, 2.45) is 0 Å². The first-order chi connectivity index (χ1) is 11.5. The van der Waals surface area contributed by atoms with Gasteiger partial charge in [-0.15, -0.1) is 0 Å². The molecule has 0 aromatic heterocycles. The second kappa shape index (κ2) is 6.39. The van der Waals surface area contributed by atoms with Gasteiger partial charge in [0.25, 0.3) is 5.91 Å². The fraction of sp³-hybridized carbons (Fsp3) is 0.222. The number of nitrogens with one attached hydrogen (secondary N) is 1. The Bertz CT molecular complexity index is 807. The van der Waals surface area contributed by atoms with E-state index in [1.807, 2.05) is 24.3 Å². The van der Waals surface area contributed by atoms with Crippen LogP contribution in [0, 0.1) is 11.6 Å². The van der Waals surface area contributed by atoms with Crippen LogP contribution in [0.2, 0.25) is 0 Å². The first-order valence-corrected chi connectivity index (χ1v) is 7.56. The number of amides is 2. The quantitative estimate of drug-likeness (QED) is 0.941. The van der Waals surface area contributed by atoms with Crippen LogP contribution in [0.4, 0.5) is 14.5 Å². The monoisotopic (exact) mass is 330 g/mol. The average Bonchev–Trinajstić information content (AvgIpc) is 2.59. The van der Waals surface area contributed by atoms with E-state index in [0.29, 0.717) is 0 Å². The third kappa shape index (κ3) is 2.87. The fourth-order valence-electron chi connectivity index (χ4n) is 2.90. The summed E-state index contributed by atoms with van der Waals surface area (Å²) in [4.78, 5) is 25.8. The van der Waals surface area contributed by atoms with E-state index in [1.165, 1.54) is 12.1 Å². The molecule has 1 aliphatic heterocycles. The minimum Gasteiger partial charge on any atom is -0.351 e. The number of nitrogens with zero attached hydrogens (tertiary/aromatic N) is 1. The normalized spacial score (nSPS) is 16.7. The maximum absolute atomic E-state index is 13.7. The van der Waals surface area contributed by atoms with Gasteiger partial charge >= 0.3 is 0 Å². The molecule has 124 valence electrons. The number of halogens is 2. The topological polar surface area (TPSA) is 49.4 Å². The lowest BCUT2D eigenvalue weighted by Crippen LogP contribution is -2.37. The molecule has 0 fully saturated rings. The van der Waals surface area contributed by atoms with E-state index in [9.17, 15) is 18.4 Å². The number of fused-ring (bicyclic) bond motifs is 1. The molecule has 1 aliphatic rings. The van der Waals surface area contributed by atoms with Gasteiger partial charge in [0.2, 0.25) is 5.91 Å². The predicted octanol–water partition coefficient (Wildman–Crippen LogP) is 2.84. The summed E-state index contributed by atoms with van der Waals surface area (Å²) in [5.41, 5.74) is 1.40. The van der Waals surface area contributed by atoms with Gasteiger partial charge in [-0.1, -0.05) is 24.3 Å². The highest BCUT2D eigenvalue weighted by atomic mass is 19.2. The van der Waals surface area contributed by atoms with Gasteiger partial charge in [-0.3, -0.25) is 9.59 Å². The first-order valence-electron chi connectivity index (χ1n) is 7.56. The molecule has 0 radical (unpaired) electrons. The molecule has 4 nitrogen and oxygen atoms in total. The number of hydrogen-bond acceptors (Lipinski definition) is 2. The van der Waals surface area contributed by atoms with E-state index in [0.717, 1.165) is 17.3 Å². The Balaban J connectivity index is 1.77. The van der Waals surface area contributed by atoms with Gasteiger partial charge < -0.3 is 10.2 Å². The molecule has 0 bridgehead atoms. The van der Waals surface area contributed by atoms with Gasteiger partial charge in [0.05, 0.1) is 5.56 Å². The van der Waals surface area contributed by atoms with Crippen molar-refractivity contribution in [2.45, 2.75) is 12.3 Å². The van der Waals surface area contributed by atoms with Crippen LogP contribution in [0.3, 0.4) is 0 Å². The van der Waals surface area contributed by atoms with Crippen LogP contribution in [0.25, 0.3) is 0 Å². The summed E-state index contributed by atoms with van der Waals surface area (Å²) in [5, 5.41) is 2.60. The molecule has 2 amide bonds. The van der Waals surface area contributed by atoms with Gasteiger partial charge in [0.15, 0.2) is 11.6 Å². The molecule has 1 heterocycles. The van der Waals surface area contributed by atoms with Gasteiger partial charge in [-0.05, 0) is 23.8 Å². The predicted molar refractivity (Wildman–Crippen MR) is 85.9 cm³/mol.